The Morgan fingerprint density at radius 2 is 0.426 bits per heavy atom. The van der Waals surface area contributed by atoms with E-state index in [1.54, 1.807) is 0 Å². The molecular formula is C75H146O17P2. The van der Waals surface area contributed by atoms with Crippen LogP contribution in [-0.4, -0.2) is 96.7 Å². The van der Waals surface area contributed by atoms with Crippen LogP contribution in [0.5, 0.6) is 0 Å². The van der Waals surface area contributed by atoms with E-state index < -0.39 is 97.5 Å². The van der Waals surface area contributed by atoms with Crippen molar-refractivity contribution in [3.05, 3.63) is 0 Å². The van der Waals surface area contributed by atoms with Gasteiger partial charge in [0.2, 0.25) is 0 Å². The van der Waals surface area contributed by atoms with Crippen molar-refractivity contribution in [2.45, 2.75) is 418 Å². The van der Waals surface area contributed by atoms with Crippen LogP contribution in [0.1, 0.15) is 400 Å². The molecule has 0 aliphatic carbocycles. The lowest BCUT2D eigenvalue weighted by molar-refractivity contribution is -0.161. The van der Waals surface area contributed by atoms with E-state index in [-0.39, 0.29) is 25.7 Å². The normalized spacial score (nSPS) is 13.9. The van der Waals surface area contributed by atoms with Crippen molar-refractivity contribution < 1.29 is 80.2 Å². The third kappa shape index (κ3) is 68.6. The number of rotatable bonds is 76. The van der Waals surface area contributed by atoms with Crippen molar-refractivity contribution in [2.24, 2.45) is 0 Å². The Morgan fingerprint density at radius 3 is 0.628 bits per heavy atom. The maximum atomic E-state index is 13.1. The topological polar surface area (TPSA) is 237 Å². The molecule has 0 radical (unpaired) electrons. The third-order valence-corrected chi connectivity index (χ3v) is 19.5. The standard InChI is InChI=1S/C75H146O17P2/c1-5-9-13-17-20-23-26-29-31-32-33-34-35-36-38-41-44-47-50-54-58-62-75(80)92-71(66-86-73(78)60-56-52-48-45-42-40-37-30-27-24-21-18-14-10-6-2)68-90-94(83,84)88-64-69(76)63-87-93(81,82)89-67-70(65-85-72(77)59-55-51-16-12-8-4)91-74(79)61-57-53-49-46-43-39-28-25-22-19-15-11-7-3/h69-71,76H,5-68H2,1-4H3,(H,81,82)(H,83,84)/t69-,70+,71+/m0/s1. The summed E-state index contributed by atoms with van der Waals surface area (Å²) in [6.45, 7) is 4.90. The molecule has 0 amide bonds. The van der Waals surface area contributed by atoms with Gasteiger partial charge in [-0.3, -0.25) is 37.3 Å². The van der Waals surface area contributed by atoms with Gasteiger partial charge < -0.3 is 33.8 Å². The highest BCUT2D eigenvalue weighted by molar-refractivity contribution is 7.47. The van der Waals surface area contributed by atoms with Gasteiger partial charge >= 0.3 is 39.5 Å². The minimum atomic E-state index is -4.95. The SMILES string of the molecule is CCCCCCCCCCCCCCCCCCCCCCCC(=O)O[C@H](COC(=O)CCCCCCCCCCCCCCCCC)COP(=O)(O)OC[C@@H](O)COP(=O)(O)OC[C@@H](COC(=O)CCCCCCC)OC(=O)CCCCCCCCCCCCCCC. The third-order valence-electron chi connectivity index (χ3n) is 17.6. The maximum absolute atomic E-state index is 13.1. The molecule has 5 atom stereocenters. The number of aliphatic hydroxyl groups excluding tert-OH is 1. The lowest BCUT2D eigenvalue weighted by Crippen LogP contribution is -2.30. The average Bonchev–Trinajstić information content (AvgIpc) is 2.26. The first-order valence-electron chi connectivity index (χ1n) is 39.3. The Hall–Kier alpha value is -1.94. The number of aliphatic hydroxyl groups is 1. The summed E-state index contributed by atoms with van der Waals surface area (Å²) in [6.07, 6.45) is 60.1. The summed E-state index contributed by atoms with van der Waals surface area (Å²) in [7, 11) is -9.90. The van der Waals surface area contributed by atoms with Crippen molar-refractivity contribution in [2.75, 3.05) is 39.6 Å². The number of phosphoric ester groups is 2. The van der Waals surface area contributed by atoms with Crippen molar-refractivity contribution in [3.63, 3.8) is 0 Å². The molecule has 0 saturated carbocycles. The molecule has 0 aromatic carbocycles. The summed E-state index contributed by atoms with van der Waals surface area (Å²) in [4.78, 5) is 72.5. The van der Waals surface area contributed by atoms with Crippen LogP contribution in [0.25, 0.3) is 0 Å². The zero-order valence-electron chi connectivity index (χ0n) is 60.9. The first-order valence-corrected chi connectivity index (χ1v) is 42.3. The Bertz CT molecular complexity index is 1790. The highest BCUT2D eigenvalue weighted by atomic mass is 31.2. The monoisotopic (exact) mass is 1380 g/mol. The van der Waals surface area contributed by atoms with Crippen LogP contribution in [0.3, 0.4) is 0 Å². The van der Waals surface area contributed by atoms with Gasteiger partial charge in [-0.05, 0) is 25.7 Å². The minimum Gasteiger partial charge on any atom is -0.462 e. The molecule has 2 unspecified atom stereocenters. The molecule has 94 heavy (non-hydrogen) atoms. The van der Waals surface area contributed by atoms with Gasteiger partial charge in [-0.15, -0.1) is 0 Å². The molecule has 3 N–H and O–H groups in total. The molecule has 0 aromatic heterocycles. The Labute approximate surface area is 575 Å². The number of ether oxygens (including phenoxy) is 4. The minimum absolute atomic E-state index is 0.107. The van der Waals surface area contributed by atoms with Gasteiger partial charge in [-0.2, -0.15) is 0 Å². The number of phosphoric acid groups is 2. The molecule has 558 valence electrons. The first kappa shape index (κ1) is 92.1. The van der Waals surface area contributed by atoms with Crippen LogP contribution in [0.4, 0.5) is 0 Å². The van der Waals surface area contributed by atoms with E-state index in [1.807, 2.05) is 0 Å². The lowest BCUT2D eigenvalue weighted by atomic mass is 10.0. The molecule has 0 bridgehead atoms. The van der Waals surface area contributed by atoms with E-state index in [0.29, 0.717) is 25.7 Å². The summed E-state index contributed by atoms with van der Waals surface area (Å²) in [5, 5.41) is 10.6. The average molecular weight is 1380 g/mol. The highest BCUT2D eigenvalue weighted by Gasteiger charge is 2.30. The number of hydrogen-bond donors (Lipinski definition) is 3. The van der Waals surface area contributed by atoms with Gasteiger partial charge in [0, 0.05) is 25.7 Å². The molecular weight excluding hydrogens is 1230 g/mol. The largest absolute Gasteiger partial charge is 0.472 e. The van der Waals surface area contributed by atoms with Gasteiger partial charge in [-0.1, -0.05) is 349 Å². The van der Waals surface area contributed by atoms with Crippen LogP contribution in [0.2, 0.25) is 0 Å². The number of esters is 4. The van der Waals surface area contributed by atoms with Crippen molar-refractivity contribution in [1.82, 2.24) is 0 Å². The molecule has 0 fully saturated rings. The highest BCUT2D eigenvalue weighted by Crippen LogP contribution is 2.45. The number of carbonyl (C=O) groups is 4. The molecule has 17 nitrogen and oxygen atoms in total. The van der Waals surface area contributed by atoms with Crippen LogP contribution in [0, 0.1) is 0 Å². The Morgan fingerprint density at radius 1 is 0.255 bits per heavy atom. The van der Waals surface area contributed by atoms with E-state index in [4.69, 9.17) is 37.0 Å². The van der Waals surface area contributed by atoms with Gasteiger partial charge in [0.15, 0.2) is 12.2 Å². The van der Waals surface area contributed by atoms with Crippen LogP contribution in [-0.2, 0) is 65.4 Å². The van der Waals surface area contributed by atoms with E-state index in [9.17, 15) is 43.2 Å². The fraction of sp³-hybridized carbons (Fsp3) is 0.947. The van der Waals surface area contributed by atoms with Gasteiger partial charge in [0.1, 0.15) is 19.3 Å². The van der Waals surface area contributed by atoms with E-state index in [2.05, 4.69) is 27.7 Å². The molecule has 0 saturated heterocycles. The molecule has 0 aliphatic rings. The van der Waals surface area contributed by atoms with Crippen molar-refractivity contribution >= 4 is 39.5 Å². The summed E-state index contributed by atoms with van der Waals surface area (Å²) in [5.74, 6) is -2.12. The number of unbranched alkanes of at least 4 members (excludes halogenated alkanes) is 50. The van der Waals surface area contributed by atoms with Crippen LogP contribution < -0.4 is 0 Å². The zero-order valence-corrected chi connectivity index (χ0v) is 62.7. The van der Waals surface area contributed by atoms with E-state index in [0.717, 1.165) is 96.3 Å². The molecule has 0 aliphatic heterocycles. The lowest BCUT2D eigenvalue weighted by Gasteiger charge is -2.21. The van der Waals surface area contributed by atoms with Crippen molar-refractivity contribution in [3.8, 4) is 0 Å². The zero-order chi connectivity index (χ0) is 69.0. The smallest absolute Gasteiger partial charge is 0.462 e. The van der Waals surface area contributed by atoms with Gasteiger partial charge in [0.25, 0.3) is 0 Å². The Balaban J connectivity index is 5.11. The molecule has 0 rings (SSSR count). The second-order valence-corrected chi connectivity index (χ2v) is 29.9. The fourth-order valence-corrected chi connectivity index (χ4v) is 13.2. The Kier molecular flexibility index (Phi) is 68.1. The van der Waals surface area contributed by atoms with Gasteiger partial charge in [0.05, 0.1) is 26.4 Å². The summed E-state index contributed by atoms with van der Waals surface area (Å²) >= 11 is 0. The molecule has 0 aromatic rings. The molecule has 0 heterocycles. The predicted molar refractivity (Wildman–Crippen MR) is 382 cm³/mol. The first-order chi connectivity index (χ1) is 45.7. The second kappa shape index (κ2) is 69.5. The number of carbonyl (C=O) groups excluding carboxylic acids is 4. The summed E-state index contributed by atoms with van der Waals surface area (Å²) in [6, 6.07) is 0. The maximum Gasteiger partial charge on any atom is 0.472 e. The van der Waals surface area contributed by atoms with E-state index in [1.165, 1.54) is 225 Å². The summed E-state index contributed by atoms with van der Waals surface area (Å²) in [5.41, 5.74) is 0. The van der Waals surface area contributed by atoms with Gasteiger partial charge in [-0.25, -0.2) is 9.13 Å². The second-order valence-electron chi connectivity index (χ2n) is 27.0. The number of hydrogen-bond acceptors (Lipinski definition) is 15. The van der Waals surface area contributed by atoms with Crippen LogP contribution in [0.15, 0.2) is 0 Å². The summed E-state index contributed by atoms with van der Waals surface area (Å²) < 4.78 is 68.3. The van der Waals surface area contributed by atoms with Crippen molar-refractivity contribution in [1.29, 1.82) is 0 Å². The fourth-order valence-electron chi connectivity index (χ4n) is 11.6. The van der Waals surface area contributed by atoms with E-state index >= 15 is 0 Å². The predicted octanol–water partition coefficient (Wildman–Crippen LogP) is 22.2. The molecule has 0 spiro atoms. The molecule has 19 heteroatoms. The quantitative estimate of drug-likeness (QED) is 0.0222. The van der Waals surface area contributed by atoms with Crippen LogP contribution >= 0.6 is 15.6 Å².